The Kier molecular flexibility index (Phi) is 8.58. The molecule has 0 bridgehead atoms. The van der Waals surface area contributed by atoms with Gasteiger partial charge in [-0.2, -0.15) is 18.2 Å². The van der Waals surface area contributed by atoms with E-state index in [9.17, 15) is 22.4 Å². The predicted molar refractivity (Wildman–Crippen MR) is 156 cm³/mol. The van der Waals surface area contributed by atoms with Gasteiger partial charge in [-0.05, 0) is 79.5 Å². The van der Waals surface area contributed by atoms with Crippen LogP contribution < -0.4 is 15.5 Å². The van der Waals surface area contributed by atoms with Crippen LogP contribution in [0.1, 0.15) is 29.5 Å². The van der Waals surface area contributed by atoms with E-state index >= 15 is 0 Å². The van der Waals surface area contributed by atoms with E-state index in [-0.39, 0.29) is 23.0 Å². The molecular weight excluding hydrogens is 548 g/mol. The van der Waals surface area contributed by atoms with Gasteiger partial charge in [0.1, 0.15) is 11.6 Å². The van der Waals surface area contributed by atoms with Gasteiger partial charge in [0.15, 0.2) is 0 Å². The molecule has 0 unspecified atom stereocenters. The van der Waals surface area contributed by atoms with Gasteiger partial charge in [0, 0.05) is 44.2 Å². The third kappa shape index (κ3) is 7.14. The van der Waals surface area contributed by atoms with Crippen molar-refractivity contribution in [2.75, 3.05) is 42.7 Å². The molecular formula is C31H32F4N6O. The molecule has 220 valence electrons. The van der Waals surface area contributed by atoms with Gasteiger partial charge >= 0.3 is 6.18 Å². The summed E-state index contributed by atoms with van der Waals surface area (Å²) in [6.45, 7) is 2.63. The number of carbonyl (C=O) groups excluding carboxylic acids is 1. The fourth-order valence-electron chi connectivity index (χ4n) is 4.96. The van der Waals surface area contributed by atoms with Crippen LogP contribution in [-0.4, -0.2) is 48.0 Å². The van der Waals surface area contributed by atoms with Crippen LogP contribution in [0.25, 0.3) is 10.9 Å². The first-order valence-corrected chi connectivity index (χ1v) is 13.7. The molecule has 11 heteroatoms. The summed E-state index contributed by atoms with van der Waals surface area (Å²) in [5.41, 5.74) is 2.23. The maximum atomic E-state index is 13.3. The van der Waals surface area contributed by atoms with Crippen LogP contribution >= 0.6 is 0 Å². The fraction of sp³-hybridized carbons (Fsp3) is 0.323. The lowest BCUT2D eigenvalue weighted by atomic mass is 9.95. The Labute approximate surface area is 241 Å². The number of likely N-dealkylation sites (tertiary alicyclic amines) is 1. The summed E-state index contributed by atoms with van der Waals surface area (Å²) in [7, 11) is 3.53. The Balaban J connectivity index is 1.18. The highest BCUT2D eigenvalue weighted by Crippen LogP contribution is 2.33. The summed E-state index contributed by atoms with van der Waals surface area (Å²) in [5.74, 6) is 0.321. The summed E-state index contributed by atoms with van der Waals surface area (Å²) in [5, 5.41) is 6.43. The Hall–Kier alpha value is -4.25. The van der Waals surface area contributed by atoms with Crippen molar-refractivity contribution < 1.29 is 22.4 Å². The summed E-state index contributed by atoms with van der Waals surface area (Å²) in [6.07, 6.45) is -2.99. The highest BCUT2D eigenvalue weighted by molar-refractivity contribution is 5.93. The van der Waals surface area contributed by atoms with E-state index in [0.717, 1.165) is 55.7 Å². The number of piperidine rings is 1. The maximum absolute atomic E-state index is 13.3. The zero-order chi connectivity index (χ0) is 29.9. The van der Waals surface area contributed by atoms with Crippen LogP contribution in [0.3, 0.4) is 0 Å². The summed E-state index contributed by atoms with van der Waals surface area (Å²) in [6, 6.07) is 17.2. The molecule has 1 amide bonds. The standard InChI is InChI=1S/C31H32F4N6O/c1-40(2)30-38-27-12-7-23(31(33,34)35)17-26(27)28(39-30)36-18-20-5-10-25(11-6-20)37-29(42)22-13-15-41(16-14-22)19-21-3-8-24(32)9-4-21/h3-12,17,22H,13-16,18-19H2,1-2H3,(H,37,42)(H,36,38,39). The van der Waals surface area contributed by atoms with Crippen LogP contribution in [0, 0.1) is 11.7 Å². The molecule has 0 saturated carbocycles. The lowest BCUT2D eigenvalue weighted by Crippen LogP contribution is -2.37. The lowest BCUT2D eigenvalue weighted by Gasteiger charge is -2.31. The second-order valence-electron chi connectivity index (χ2n) is 10.7. The number of amides is 1. The zero-order valence-electron chi connectivity index (χ0n) is 23.4. The smallest absolute Gasteiger partial charge is 0.365 e. The van der Waals surface area contributed by atoms with Crippen LogP contribution in [0.15, 0.2) is 66.7 Å². The molecule has 0 atom stereocenters. The van der Waals surface area contributed by atoms with Crippen molar-refractivity contribution in [1.29, 1.82) is 0 Å². The Morgan fingerprint density at radius 1 is 0.952 bits per heavy atom. The normalized spacial score (nSPS) is 14.6. The minimum absolute atomic E-state index is 0.0218. The monoisotopic (exact) mass is 580 g/mol. The van der Waals surface area contributed by atoms with Gasteiger partial charge < -0.3 is 15.5 Å². The molecule has 3 aromatic carbocycles. The molecule has 0 aliphatic carbocycles. The molecule has 42 heavy (non-hydrogen) atoms. The van der Waals surface area contributed by atoms with E-state index in [4.69, 9.17) is 0 Å². The molecule has 1 saturated heterocycles. The van der Waals surface area contributed by atoms with Gasteiger partial charge in [0.2, 0.25) is 11.9 Å². The van der Waals surface area contributed by atoms with Gasteiger partial charge in [-0.15, -0.1) is 0 Å². The van der Waals surface area contributed by atoms with Crippen molar-refractivity contribution in [2.45, 2.75) is 32.1 Å². The Bertz CT molecular complexity index is 1530. The molecule has 0 radical (unpaired) electrons. The maximum Gasteiger partial charge on any atom is 0.416 e. The second kappa shape index (κ2) is 12.3. The molecule has 1 aliphatic rings. The third-order valence-electron chi connectivity index (χ3n) is 7.37. The van der Waals surface area contributed by atoms with E-state index in [1.54, 1.807) is 31.1 Å². The minimum Gasteiger partial charge on any atom is -0.365 e. The number of alkyl halides is 3. The second-order valence-corrected chi connectivity index (χ2v) is 10.7. The number of aromatic nitrogens is 2. The molecule has 4 aromatic rings. The van der Waals surface area contributed by atoms with Gasteiger partial charge in [-0.25, -0.2) is 9.37 Å². The molecule has 1 fully saturated rings. The quantitative estimate of drug-likeness (QED) is 0.238. The van der Waals surface area contributed by atoms with Crippen molar-refractivity contribution in [3.05, 3.63) is 89.2 Å². The first-order valence-electron chi connectivity index (χ1n) is 13.7. The van der Waals surface area contributed by atoms with Crippen molar-refractivity contribution in [3.63, 3.8) is 0 Å². The third-order valence-corrected chi connectivity index (χ3v) is 7.37. The molecule has 2 heterocycles. The molecule has 0 spiro atoms. The number of fused-ring (bicyclic) bond motifs is 1. The average molecular weight is 581 g/mol. The first kappa shape index (κ1) is 29.2. The summed E-state index contributed by atoms with van der Waals surface area (Å²) >= 11 is 0. The largest absolute Gasteiger partial charge is 0.416 e. The van der Waals surface area contributed by atoms with Crippen molar-refractivity contribution in [2.24, 2.45) is 5.92 Å². The lowest BCUT2D eigenvalue weighted by molar-refractivity contribution is -0.137. The molecule has 5 rings (SSSR count). The summed E-state index contributed by atoms with van der Waals surface area (Å²) in [4.78, 5) is 25.7. The van der Waals surface area contributed by atoms with E-state index in [1.165, 1.54) is 18.2 Å². The minimum atomic E-state index is -4.48. The number of rotatable bonds is 8. The highest BCUT2D eigenvalue weighted by atomic mass is 19.4. The fourth-order valence-corrected chi connectivity index (χ4v) is 4.96. The number of hydrogen-bond donors (Lipinski definition) is 2. The number of benzene rings is 3. The van der Waals surface area contributed by atoms with Gasteiger partial charge in [-0.3, -0.25) is 9.69 Å². The molecule has 1 aliphatic heterocycles. The van der Waals surface area contributed by atoms with E-state index in [2.05, 4.69) is 25.5 Å². The number of nitrogens with one attached hydrogen (secondary N) is 2. The highest BCUT2D eigenvalue weighted by Gasteiger charge is 2.31. The molecule has 1 aromatic heterocycles. The van der Waals surface area contributed by atoms with Crippen LogP contribution in [0.4, 0.5) is 35.0 Å². The average Bonchev–Trinajstić information content (AvgIpc) is 2.97. The van der Waals surface area contributed by atoms with Crippen molar-refractivity contribution in [1.82, 2.24) is 14.9 Å². The predicted octanol–water partition coefficient (Wildman–Crippen LogP) is 6.32. The number of nitrogens with zero attached hydrogens (tertiary/aromatic N) is 4. The number of anilines is 3. The van der Waals surface area contributed by atoms with Crippen LogP contribution in [0.5, 0.6) is 0 Å². The zero-order valence-corrected chi connectivity index (χ0v) is 23.4. The molecule has 7 nitrogen and oxygen atoms in total. The summed E-state index contributed by atoms with van der Waals surface area (Å²) < 4.78 is 53.2. The Morgan fingerprint density at radius 3 is 2.26 bits per heavy atom. The topological polar surface area (TPSA) is 73.4 Å². The van der Waals surface area contributed by atoms with Crippen LogP contribution in [0.2, 0.25) is 0 Å². The van der Waals surface area contributed by atoms with E-state index in [1.807, 2.05) is 24.3 Å². The van der Waals surface area contributed by atoms with Gasteiger partial charge in [0.25, 0.3) is 0 Å². The van der Waals surface area contributed by atoms with E-state index < -0.39 is 11.7 Å². The molecule has 2 N–H and O–H groups in total. The van der Waals surface area contributed by atoms with E-state index in [0.29, 0.717) is 29.5 Å². The number of hydrogen-bond acceptors (Lipinski definition) is 6. The van der Waals surface area contributed by atoms with Gasteiger partial charge in [0.05, 0.1) is 11.1 Å². The first-order chi connectivity index (χ1) is 20.0. The van der Waals surface area contributed by atoms with Gasteiger partial charge in [-0.1, -0.05) is 24.3 Å². The van der Waals surface area contributed by atoms with Crippen molar-refractivity contribution >= 4 is 34.3 Å². The Morgan fingerprint density at radius 2 is 1.62 bits per heavy atom. The SMILES string of the molecule is CN(C)c1nc(NCc2ccc(NC(=O)C3CCN(Cc4ccc(F)cc4)CC3)cc2)c2cc(C(F)(F)F)ccc2n1. The van der Waals surface area contributed by atoms with Crippen LogP contribution in [-0.2, 0) is 24.1 Å². The number of carbonyl (C=O) groups is 1. The van der Waals surface area contributed by atoms with Crippen molar-refractivity contribution in [3.8, 4) is 0 Å². The number of halogens is 4.